The van der Waals surface area contributed by atoms with E-state index in [1.54, 1.807) is 0 Å². The van der Waals surface area contributed by atoms with Gasteiger partial charge in [0, 0.05) is 23.4 Å². The maximum atomic E-state index is 13.3. The van der Waals surface area contributed by atoms with Crippen LogP contribution in [-0.2, 0) is 11.2 Å². The summed E-state index contributed by atoms with van der Waals surface area (Å²) < 4.78 is 19.4. The molecule has 1 aromatic carbocycles. The summed E-state index contributed by atoms with van der Waals surface area (Å²) in [6.07, 6.45) is 1.99. The van der Waals surface area contributed by atoms with Crippen LogP contribution in [0.5, 0.6) is 0 Å². The highest BCUT2D eigenvalue weighted by atomic mass is 79.9. The first kappa shape index (κ1) is 14.0. The summed E-state index contributed by atoms with van der Waals surface area (Å²) in [5.74, 6) is -0.134. The summed E-state index contributed by atoms with van der Waals surface area (Å²) in [6.45, 7) is 3.27. The van der Waals surface area contributed by atoms with Gasteiger partial charge in [-0.15, -0.1) is 0 Å². The van der Waals surface area contributed by atoms with Crippen molar-refractivity contribution in [2.24, 2.45) is 5.92 Å². The standard InChI is InChI=1S/C14H18BrFO2/c1-2-14(17,11-3-4-18-9-11)8-10-5-12(15)7-13(16)6-10/h5-7,11,17H,2-4,8-9H2,1H3. The van der Waals surface area contributed by atoms with Gasteiger partial charge in [0.15, 0.2) is 0 Å². The average molecular weight is 317 g/mol. The third-order valence-electron chi connectivity index (χ3n) is 3.73. The molecule has 100 valence electrons. The minimum Gasteiger partial charge on any atom is -0.389 e. The number of halogens is 2. The van der Waals surface area contributed by atoms with Gasteiger partial charge in [-0.2, -0.15) is 0 Å². The van der Waals surface area contributed by atoms with Crippen molar-refractivity contribution >= 4 is 15.9 Å². The Bertz CT molecular complexity index is 398. The molecule has 2 rings (SSSR count). The summed E-state index contributed by atoms with van der Waals surface area (Å²) >= 11 is 3.28. The third kappa shape index (κ3) is 3.11. The zero-order chi connectivity index (χ0) is 13.2. The van der Waals surface area contributed by atoms with Gasteiger partial charge in [0.25, 0.3) is 0 Å². The lowest BCUT2D eigenvalue weighted by Crippen LogP contribution is -2.40. The van der Waals surface area contributed by atoms with Crippen molar-refractivity contribution in [3.05, 3.63) is 34.1 Å². The van der Waals surface area contributed by atoms with Crippen LogP contribution in [0.1, 0.15) is 25.3 Å². The fraction of sp³-hybridized carbons (Fsp3) is 0.571. The molecule has 1 aliphatic heterocycles. The Labute approximate surface area is 115 Å². The minimum absolute atomic E-state index is 0.143. The fourth-order valence-electron chi connectivity index (χ4n) is 2.58. The SMILES string of the molecule is CCC(O)(Cc1cc(F)cc(Br)c1)C1CCOC1. The van der Waals surface area contributed by atoms with Gasteiger partial charge in [0.1, 0.15) is 5.82 Å². The first-order valence-electron chi connectivity index (χ1n) is 6.28. The molecule has 2 unspecified atom stereocenters. The van der Waals surface area contributed by atoms with E-state index in [-0.39, 0.29) is 11.7 Å². The second kappa shape index (κ2) is 5.68. The van der Waals surface area contributed by atoms with Gasteiger partial charge in [-0.05, 0) is 36.6 Å². The molecule has 1 aliphatic rings. The number of benzene rings is 1. The van der Waals surface area contributed by atoms with Gasteiger partial charge >= 0.3 is 0 Å². The van der Waals surface area contributed by atoms with Gasteiger partial charge in [0.05, 0.1) is 12.2 Å². The van der Waals surface area contributed by atoms with Crippen molar-refractivity contribution in [2.75, 3.05) is 13.2 Å². The fourth-order valence-corrected chi connectivity index (χ4v) is 3.10. The number of ether oxygens (including phenoxy) is 1. The Morgan fingerprint density at radius 2 is 2.28 bits per heavy atom. The maximum Gasteiger partial charge on any atom is 0.124 e. The molecule has 1 aromatic rings. The van der Waals surface area contributed by atoms with Crippen LogP contribution in [0.2, 0.25) is 0 Å². The highest BCUT2D eigenvalue weighted by Crippen LogP contribution is 2.32. The summed E-state index contributed by atoms with van der Waals surface area (Å²) in [4.78, 5) is 0. The van der Waals surface area contributed by atoms with Crippen LogP contribution < -0.4 is 0 Å². The van der Waals surface area contributed by atoms with Crippen LogP contribution in [0.15, 0.2) is 22.7 Å². The van der Waals surface area contributed by atoms with E-state index in [2.05, 4.69) is 15.9 Å². The van der Waals surface area contributed by atoms with E-state index in [4.69, 9.17) is 4.74 Å². The first-order valence-corrected chi connectivity index (χ1v) is 7.08. The Kier molecular flexibility index (Phi) is 4.41. The Morgan fingerprint density at radius 3 is 2.83 bits per heavy atom. The molecule has 0 saturated carbocycles. The number of hydrogen-bond acceptors (Lipinski definition) is 2. The van der Waals surface area contributed by atoms with Crippen LogP contribution in [0.3, 0.4) is 0 Å². The second-order valence-corrected chi connectivity index (χ2v) is 5.89. The first-order chi connectivity index (χ1) is 8.53. The topological polar surface area (TPSA) is 29.5 Å². The van der Waals surface area contributed by atoms with Gasteiger partial charge in [0.2, 0.25) is 0 Å². The lowest BCUT2D eigenvalue weighted by atomic mass is 9.80. The van der Waals surface area contributed by atoms with Gasteiger partial charge in [-0.3, -0.25) is 0 Å². The number of hydrogen-bond donors (Lipinski definition) is 1. The molecule has 1 N–H and O–H groups in total. The van der Waals surface area contributed by atoms with Crippen LogP contribution in [0, 0.1) is 11.7 Å². The summed E-state index contributed by atoms with van der Waals surface area (Å²) in [7, 11) is 0. The van der Waals surface area contributed by atoms with Gasteiger partial charge in [-0.25, -0.2) is 4.39 Å². The minimum atomic E-state index is -0.802. The van der Waals surface area contributed by atoms with E-state index in [0.717, 1.165) is 12.0 Å². The van der Waals surface area contributed by atoms with Gasteiger partial charge < -0.3 is 9.84 Å². The molecule has 1 fully saturated rings. The van der Waals surface area contributed by atoms with Crippen LogP contribution in [0.4, 0.5) is 4.39 Å². The van der Waals surface area contributed by atoms with Crippen molar-refractivity contribution in [1.82, 2.24) is 0 Å². The smallest absolute Gasteiger partial charge is 0.124 e. The zero-order valence-corrected chi connectivity index (χ0v) is 12.0. The monoisotopic (exact) mass is 316 g/mol. The highest BCUT2D eigenvalue weighted by molar-refractivity contribution is 9.10. The molecule has 2 atom stereocenters. The lowest BCUT2D eigenvalue weighted by molar-refractivity contribution is -0.0248. The summed E-state index contributed by atoms with van der Waals surface area (Å²) in [5, 5.41) is 10.7. The largest absolute Gasteiger partial charge is 0.389 e. The molecule has 0 amide bonds. The predicted molar refractivity (Wildman–Crippen MR) is 72.0 cm³/mol. The van der Waals surface area contributed by atoms with E-state index in [1.165, 1.54) is 12.1 Å². The molecule has 1 saturated heterocycles. The van der Waals surface area contributed by atoms with E-state index >= 15 is 0 Å². The highest BCUT2D eigenvalue weighted by Gasteiger charge is 2.37. The van der Waals surface area contributed by atoms with Gasteiger partial charge in [-0.1, -0.05) is 22.9 Å². The average Bonchev–Trinajstić information content (AvgIpc) is 2.81. The second-order valence-electron chi connectivity index (χ2n) is 4.97. The van der Waals surface area contributed by atoms with E-state index < -0.39 is 5.60 Å². The molecule has 0 aliphatic carbocycles. The molecule has 0 aromatic heterocycles. The molecular weight excluding hydrogens is 299 g/mol. The predicted octanol–water partition coefficient (Wildman–Crippen LogP) is 3.31. The number of rotatable bonds is 4. The van der Waals surface area contributed by atoms with E-state index in [9.17, 15) is 9.50 Å². The Balaban J connectivity index is 2.18. The van der Waals surface area contributed by atoms with Crippen LogP contribution in [-0.4, -0.2) is 23.9 Å². The summed E-state index contributed by atoms with van der Waals surface area (Å²) in [6, 6.07) is 4.77. The molecule has 0 spiro atoms. The molecule has 2 nitrogen and oxygen atoms in total. The van der Waals surface area contributed by atoms with Crippen LogP contribution in [0.25, 0.3) is 0 Å². The van der Waals surface area contributed by atoms with Crippen molar-refractivity contribution in [3.63, 3.8) is 0 Å². The molecule has 0 radical (unpaired) electrons. The van der Waals surface area contributed by atoms with Crippen molar-refractivity contribution in [1.29, 1.82) is 0 Å². The molecule has 0 bridgehead atoms. The normalized spacial score (nSPS) is 23.0. The molecular formula is C14H18BrFO2. The van der Waals surface area contributed by atoms with Crippen molar-refractivity contribution in [3.8, 4) is 0 Å². The molecule has 4 heteroatoms. The quantitative estimate of drug-likeness (QED) is 0.923. The number of aliphatic hydroxyl groups is 1. The van der Waals surface area contributed by atoms with Crippen molar-refractivity contribution in [2.45, 2.75) is 31.8 Å². The molecule has 18 heavy (non-hydrogen) atoms. The lowest BCUT2D eigenvalue weighted by Gasteiger charge is -2.32. The molecule has 1 heterocycles. The Hall–Kier alpha value is -0.450. The van der Waals surface area contributed by atoms with E-state index in [1.807, 2.05) is 13.0 Å². The third-order valence-corrected chi connectivity index (χ3v) is 4.19. The van der Waals surface area contributed by atoms with Crippen LogP contribution >= 0.6 is 15.9 Å². The maximum absolute atomic E-state index is 13.3. The Morgan fingerprint density at radius 1 is 1.50 bits per heavy atom. The zero-order valence-electron chi connectivity index (χ0n) is 10.5. The van der Waals surface area contributed by atoms with Crippen molar-refractivity contribution < 1.29 is 14.2 Å². The summed E-state index contributed by atoms with van der Waals surface area (Å²) in [5.41, 5.74) is 0.0159. The van der Waals surface area contributed by atoms with E-state index in [0.29, 0.717) is 30.5 Å².